The lowest BCUT2D eigenvalue weighted by Gasteiger charge is -2.27. The maximum absolute atomic E-state index is 9.83. The maximum Gasteiger partial charge on any atom is 0.228 e. The van der Waals surface area contributed by atoms with E-state index < -0.39 is 0 Å². The number of fused-ring (bicyclic) bond motifs is 4. The third kappa shape index (κ3) is 2.06. The molecule has 1 aliphatic rings. The Morgan fingerprint density at radius 3 is 3.00 bits per heavy atom. The van der Waals surface area contributed by atoms with Gasteiger partial charge in [0.2, 0.25) is 5.88 Å². The van der Waals surface area contributed by atoms with Crippen molar-refractivity contribution >= 4 is 5.65 Å². The van der Waals surface area contributed by atoms with Crippen LogP contribution in [0, 0.1) is 6.92 Å². The predicted octanol–water partition coefficient (Wildman–Crippen LogP) is 2.82. The molecule has 0 aliphatic carbocycles. The van der Waals surface area contributed by atoms with Crippen molar-refractivity contribution in [1.82, 2.24) is 24.6 Å². The number of aromatic nitrogens is 5. The number of phenolic OH excluding ortho intramolecular Hbond substituents is 1. The van der Waals surface area contributed by atoms with Gasteiger partial charge in [0.05, 0.1) is 5.56 Å². The molecule has 0 bridgehead atoms. The van der Waals surface area contributed by atoms with Gasteiger partial charge in [0.15, 0.2) is 5.65 Å². The van der Waals surface area contributed by atoms with Gasteiger partial charge in [-0.3, -0.25) is 4.98 Å². The molecule has 4 aromatic rings. The SMILES string of the molecule is Cc1nc2c3c(ncn2n1)Oc1cc(O)ccc1[C@H]3c1cccnc1. The highest BCUT2D eigenvalue weighted by Crippen LogP contribution is 2.48. The van der Waals surface area contributed by atoms with Crippen molar-refractivity contribution in [3.8, 4) is 17.4 Å². The summed E-state index contributed by atoms with van der Waals surface area (Å²) in [5.41, 5.74) is 3.47. The number of phenols is 1. The van der Waals surface area contributed by atoms with Crippen LogP contribution in [0.5, 0.6) is 17.4 Å². The summed E-state index contributed by atoms with van der Waals surface area (Å²) in [6.45, 7) is 1.84. The van der Waals surface area contributed by atoms with Crippen LogP contribution in [0.2, 0.25) is 0 Å². The van der Waals surface area contributed by atoms with E-state index in [-0.39, 0.29) is 11.7 Å². The van der Waals surface area contributed by atoms with Crippen molar-refractivity contribution in [3.05, 3.63) is 71.6 Å². The van der Waals surface area contributed by atoms with E-state index in [0.717, 1.165) is 16.7 Å². The van der Waals surface area contributed by atoms with E-state index in [1.807, 2.05) is 31.3 Å². The average molecular weight is 331 g/mol. The van der Waals surface area contributed by atoms with Crippen molar-refractivity contribution in [2.45, 2.75) is 12.8 Å². The van der Waals surface area contributed by atoms with Gasteiger partial charge in [-0.05, 0) is 24.6 Å². The molecule has 0 saturated carbocycles. The van der Waals surface area contributed by atoms with E-state index >= 15 is 0 Å². The molecule has 122 valence electrons. The summed E-state index contributed by atoms with van der Waals surface area (Å²) in [5, 5.41) is 14.2. The van der Waals surface area contributed by atoms with Gasteiger partial charge in [-0.2, -0.15) is 5.10 Å². The Hall–Kier alpha value is -3.48. The minimum absolute atomic E-state index is 0.145. The van der Waals surface area contributed by atoms with Gasteiger partial charge in [0.25, 0.3) is 0 Å². The Morgan fingerprint density at radius 2 is 2.16 bits per heavy atom. The van der Waals surface area contributed by atoms with Crippen LogP contribution in [0.3, 0.4) is 0 Å². The molecule has 1 aromatic carbocycles. The Kier molecular flexibility index (Phi) is 2.79. The third-order valence-electron chi connectivity index (χ3n) is 4.31. The monoisotopic (exact) mass is 331 g/mol. The topological polar surface area (TPSA) is 85.4 Å². The molecule has 1 N–H and O–H groups in total. The van der Waals surface area contributed by atoms with Gasteiger partial charge in [0, 0.05) is 29.9 Å². The maximum atomic E-state index is 9.83. The van der Waals surface area contributed by atoms with Crippen molar-refractivity contribution in [2.75, 3.05) is 0 Å². The normalized spacial score (nSPS) is 15.5. The molecule has 1 atom stereocenters. The molecule has 0 unspecified atom stereocenters. The van der Waals surface area contributed by atoms with Crippen LogP contribution in [-0.4, -0.2) is 29.7 Å². The van der Waals surface area contributed by atoms with Crippen LogP contribution in [0.25, 0.3) is 5.65 Å². The Morgan fingerprint density at radius 1 is 1.24 bits per heavy atom. The van der Waals surface area contributed by atoms with Crippen LogP contribution < -0.4 is 4.74 Å². The summed E-state index contributed by atoms with van der Waals surface area (Å²) in [6.07, 6.45) is 5.15. The van der Waals surface area contributed by atoms with Crippen molar-refractivity contribution in [3.63, 3.8) is 0 Å². The first kappa shape index (κ1) is 13.9. The molecule has 3 aromatic heterocycles. The minimum atomic E-state index is -0.159. The lowest BCUT2D eigenvalue weighted by molar-refractivity contribution is 0.422. The molecular weight excluding hydrogens is 318 g/mol. The molecular formula is C18H13N5O2. The van der Waals surface area contributed by atoms with E-state index in [1.54, 1.807) is 29.2 Å². The third-order valence-corrected chi connectivity index (χ3v) is 4.31. The molecule has 7 nitrogen and oxygen atoms in total. The highest BCUT2D eigenvalue weighted by molar-refractivity contribution is 5.65. The van der Waals surface area contributed by atoms with Gasteiger partial charge in [-0.25, -0.2) is 14.5 Å². The van der Waals surface area contributed by atoms with Crippen molar-refractivity contribution in [2.24, 2.45) is 0 Å². The zero-order chi connectivity index (χ0) is 17.0. The van der Waals surface area contributed by atoms with Gasteiger partial charge in [-0.15, -0.1) is 0 Å². The van der Waals surface area contributed by atoms with E-state index in [2.05, 4.69) is 20.1 Å². The number of nitrogens with zero attached hydrogens (tertiary/aromatic N) is 5. The Labute approximate surface area is 142 Å². The van der Waals surface area contributed by atoms with Crippen LogP contribution in [0.1, 0.15) is 28.4 Å². The highest BCUT2D eigenvalue weighted by atomic mass is 16.5. The zero-order valence-corrected chi connectivity index (χ0v) is 13.3. The fraction of sp³-hybridized carbons (Fsp3) is 0.111. The largest absolute Gasteiger partial charge is 0.508 e. The smallest absolute Gasteiger partial charge is 0.228 e. The molecule has 0 radical (unpaired) electrons. The van der Waals surface area contributed by atoms with Crippen LogP contribution in [0.4, 0.5) is 0 Å². The fourth-order valence-electron chi connectivity index (χ4n) is 3.30. The second-order valence-electron chi connectivity index (χ2n) is 5.93. The summed E-state index contributed by atoms with van der Waals surface area (Å²) in [7, 11) is 0. The van der Waals surface area contributed by atoms with Gasteiger partial charge in [0.1, 0.15) is 23.7 Å². The Balaban J connectivity index is 1.86. The van der Waals surface area contributed by atoms with E-state index in [1.165, 1.54) is 0 Å². The van der Waals surface area contributed by atoms with Crippen LogP contribution in [0.15, 0.2) is 49.1 Å². The molecule has 0 fully saturated rings. The fourth-order valence-corrected chi connectivity index (χ4v) is 3.30. The summed E-state index contributed by atoms with van der Waals surface area (Å²) in [6, 6.07) is 9.02. The second-order valence-corrected chi connectivity index (χ2v) is 5.93. The number of aryl methyl sites for hydroxylation is 1. The number of aromatic hydroxyl groups is 1. The Bertz CT molecular complexity index is 1110. The lowest BCUT2D eigenvalue weighted by atomic mass is 9.84. The first-order valence-electron chi connectivity index (χ1n) is 7.83. The quantitative estimate of drug-likeness (QED) is 0.508. The number of hydrogen-bond acceptors (Lipinski definition) is 6. The van der Waals surface area contributed by atoms with E-state index in [0.29, 0.717) is 23.1 Å². The van der Waals surface area contributed by atoms with Crippen LogP contribution >= 0.6 is 0 Å². The van der Waals surface area contributed by atoms with E-state index in [9.17, 15) is 5.11 Å². The standard InChI is InChI=1S/C18H13N5O2/c1-10-21-17-16-15(11-3-2-6-19-8-11)13-5-4-12(24)7-14(13)25-18(16)20-9-23(17)22-10/h2-9,15,24H,1H3/t15-/m1/s1. The minimum Gasteiger partial charge on any atom is -0.508 e. The number of pyridine rings is 1. The van der Waals surface area contributed by atoms with Crippen molar-refractivity contribution in [1.29, 1.82) is 0 Å². The molecule has 1 aliphatic heterocycles. The molecule has 0 amide bonds. The summed E-state index contributed by atoms with van der Waals surface area (Å²) < 4.78 is 7.61. The molecule has 4 heterocycles. The number of rotatable bonds is 1. The number of benzene rings is 1. The molecule has 7 heteroatoms. The molecule has 25 heavy (non-hydrogen) atoms. The molecule has 0 spiro atoms. The number of ether oxygens (including phenoxy) is 1. The van der Waals surface area contributed by atoms with Gasteiger partial charge in [-0.1, -0.05) is 12.1 Å². The van der Waals surface area contributed by atoms with Crippen molar-refractivity contribution < 1.29 is 9.84 Å². The zero-order valence-electron chi connectivity index (χ0n) is 13.3. The van der Waals surface area contributed by atoms with E-state index in [4.69, 9.17) is 4.74 Å². The lowest BCUT2D eigenvalue weighted by Crippen LogP contribution is -2.15. The first-order chi connectivity index (χ1) is 12.2. The molecule has 5 rings (SSSR count). The summed E-state index contributed by atoms with van der Waals surface area (Å²) >= 11 is 0. The summed E-state index contributed by atoms with van der Waals surface area (Å²) in [4.78, 5) is 13.2. The molecule has 0 saturated heterocycles. The van der Waals surface area contributed by atoms with Gasteiger partial charge >= 0.3 is 0 Å². The first-order valence-corrected chi connectivity index (χ1v) is 7.83. The summed E-state index contributed by atoms with van der Waals surface area (Å²) in [5.74, 6) is 1.69. The number of hydrogen-bond donors (Lipinski definition) is 1. The second kappa shape index (κ2) is 5.01. The van der Waals surface area contributed by atoms with Gasteiger partial charge < -0.3 is 9.84 Å². The highest BCUT2D eigenvalue weighted by Gasteiger charge is 2.33. The predicted molar refractivity (Wildman–Crippen MR) is 88.9 cm³/mol. The average Bonchev–Trinajstić information content (AvgIpc) is 3.01. The van der Waals surface area contributed by atoms with Crippen LogP contribution in [-0.2, 0) is 0 Å².